The van der Waals surface area contributed by atoms with Gasteiger partial charge in [0.15, 0.2) is 6.61 Å². The summed E-state index contributed by atoms with van der Waals surface area (Å²) in [7, 11) is 1.29. The predicted molar refractivity (Wildman–Crippen MR) is 86.0 cm³/mol. The molecule has 114 valence electrons. The van der Waals surface area contributed by atoms with Crippen molar-refractivity contribution in [2.75, 3.05) is 19.0 Å². The van der Waals surface area contributed by atoms with Crippen LogP contribution in [0.3, 0.4) is 0 Å². The van der Waals surface area contributed by atoms with Crippen molar-refractivity contribution >= 4 is 33.5 Å². The normalized spacial score (nSPS) is 9.91. The van der Waals surface area contributed by atoms with E-state index in [0.717, 1.165) is 4.47 Å². The summed E-state index contributed by atoms with van der Waals surface area (Å²) in [5, 5.41) is 2.78. The molecule has 0 atom stereocenters. The summed E-state index contributed by atoms with van der Waals surface area (Å²) >= 11 is 3.33. The number of rotatable bonds is 5. The maximum atomic E-state index is 12.2. The van der Waals surface area contributed by atoms with E-state index in [1.54, 1.807) is 36.4 Å². The van der Waals surface area contributed by atoms with E-state index in [1.807, 2.05) is 12.1 Å². The fourth-order valence-electron chi connectivity index (χ4n) is 1.66. The molecule has 22 heavy (non-hydrogen) atoms. The summed E-state index contributed by atoms with van der Waals surface area (Å²) in [6.45, 7) is -0.200. The summed E-state index contributed by atoms with van der Waals surface area (Å²) in [5.74, 6) is -0.315. The van der Waals surface area contributed by atoms with E-state index in [2.05, 4.69) is 26.0 Å². The Morgan fingerprint density at radius 1 is 1.14 bits per heavy atom. The third-order valence-corrected chi connectivity index (χ3v) is 3.31. The number of amides is 1. The van der Waals surface area contributed by atoms with Gasteiger partial charge in [-0.25, -0.2) is 4.79 Å². The predicted octanol–water partition coefficient (Wildman–Crippen LogP) is 3.25. The highest BCUT2D eigenvalue weighted by Gasteiger charge is 2.08. The second-order valence-corrected chi connectivity index (χ2v) is 5.27. The molecule has 0 radical (unpaired) electrons. The molecular formula is C16H14BrNO4. The van der Waals surface area contributed by atoms with Crippen LogP contribution in [0.15, 0.2) is 53.0 Å². The number of nitrogens with one attached hydrogen (secondary N) is 1. The van der Waals surface area contributed by atoms with Crippen molar-refractivity contribution < 1.29 is 19.1 Å². The lowest BCUT2D eigenvalue weighted by atomic mass is 10.2. The van der Waals surface area contributed by atoms with Crippen LogP contribution in [0.2, 0.25) is 0 Å². The Morgan fingerprint density at radius 3 is 2.55 bits per heavy atom. The summed E-state index contributed by atoms with van der Waals surface area (Å²) in [5.41, 5.74) is 1.12. The first kappa shape index (κ1) is 16.0. The molecule has 0 spiro atoms. The Balaban J connectivity index is 2.03. The zero-order valence-electron chi connectivity index (χ0n) is 11.8. The van der Waals surface area contributed by atoms with Crippen molar-refractivity contribution in [2.45, 2.75) is 0 Å². The number of methoxy groups -OCH3 is 1. The van der Waals surface area contributed by atoms with Gasteiger partial charge in [0, 0.05) is 15.7 Å². The third kappa shape index (κ3) is 4.60. The number of esters is 1. The summed E-state index contributed by atoms with van der Waals surface area (Å²) < 4.78 is 10.7. The first-order valence-electron chi connectivity index (χ1n) is 6.45. The third-order valence-electron chi connectivity index (χ3n) is 2.78. The maximum absolute atomic E-state index is 12.2. The highest BCUT2D eigenvalue weighted by atomic mass is 79.9. The Kier molecular flexibility index (Phi) is 5.55. The average molecular weight is 364 g/mol. The number of hydrogen-bond donors (Lipinski definition) is 1. The van der Waals surface area contributed by atoms with Crippen LogP contribution in [0, 0.1) is 0 Å². The van der Waals surface area contributed by atoms with E-state index < -0.39 is 5.97 Å². The van der Waals surface area contributed by atoms with Gasteiger partial charge in [-0.05, 0) is 42.5 Å². The monoisotopic (exact) mass is 363 g/mol. The molecule has 0 aromatic heterocycles. The zero-order valence-corrected chi connectivity index (χ0v) is 13.4. The molecule has 0 aliphatic rings. The fourth-order valence-corrected chi connectivity index (χ4v) is 1.93. The zero-order chi connectivity index (χ0) is 15.9. The van der Waals surface area contributed by atoms with E-state index in [0.29, 0.717) is 17.0 Å². The van der Waals surface area contributed by atoms with Gasteiger partial charge in [-0.15, -0.1) is 0 Å². The van der Waals surface area contributed by atoms with Gasteiger partial charge >= 0.3 is 5.97 Å². The second kappa shape index (κ2) is 7.61. The molecule has 0 heterocycles. The Hall–Kier alpha value is -2.34. The molecule has 2 aromatic carbocycles. The molecule has 2 aromatic rings. The SMILES string of the molecule is COC(=O)COc1cccc(C(=O)Nc2ccc(Br)cc2)c1. The lowest BCUT2D eigenvalue weighted by Gasteiger charge is -2.08. The molecule has 0 aliphatic carbocycles. The van der Waals surface area contributed by atoms with E-state index in [4.69, 9.17) is 4.74 Å². The molecule has 0 saturated heterocycles. The second-order valence-electron chi connectivity index (χ2n) is 4.35. The number of hydrogen-bond acceptors (Lipinski definition) is 4. The first-order chi connectivity index (χ1) is 10.6. The van der Waals surface area contributed by atoms with Crippen LogP contribution in [0.5, 0.6) is 5.75 Å². The van der Waals surface area contributed by atoms with Crippen molar-refractivity contribution in [1.82, 2.24) is 0 Å². The fraction of sp³-hybridized carbons (Fsp3) is 0.125. The van der Waals surface area contributed by atoms with Crippen LogP contribution in [0.4, 0.5) is 5.69 Å². The van der Waals surface area contributed by atoms with E-state index in [-0.39, 0.29) is 12.5 Å². The molecule has 0 unspecified atom stereocenters. The minimum atomic E-state index is -0.482. The molecule has 0 fully saturated rings. The summed E-state index contributed by atoms with van der Waals surface area (Å²) in [6.07, 6.45) is 0. The smallest absolute Gasteiger partial charge is 0.343 e. The first-order valence-corrected chi connectivity index (χ1v) is 7.24. The molecule has 2 rings (SSSR count). The van der Waals surface area contributed by atoms with Crippen LogP contribution in [0.1, 0.15) is 10.4 Å². The van der Waals surface area contributed by atoms with Gasteiger partial charge < -0.3 is 14.8 Å². The van der Waals surface area contributed by atoms with Crippen molar-refractivity contribution in [2.24, 2.45) is 0 Å². The Labute approximate surface area is 136 Å². The van der Waals surface area contributed by atoms with Gasteiger partial charge in [0.05, 0.1) is 7.11 Å². The van der Waals surface area contributed by atoms with E-state index >= 15 is 0 Å². The molecule has 0 saturated carbocycles. The van der Waals surface area contributed by atoms with Crippen molar-refractivity contribution in [1.29, 1.82) is 0 Å². The topological polar surface area (TPSA) is 64.6 Å². The minimum absolute atomic E-state index is 0.200. The molecular weight excluding hydrogens is 350 g/mol. The van der Waals surface area contributed by atoms with Crippen LogP contribution >= 0.6 is 15.9 Å². The number of halogens is 1. The van der Waals surface area contributed by atoms with Gasteiger partial charge in [-0.2, -0.15) is 0 Å². The summed E-state index contributed by atoms with van der Waals surface area (Å²) in [4.78, 5) is 23.2. The maximum Gasteiger partial charge on any atom is 0.343 e. The highest BCUT2D eigenvalue weighted by molar-refractivity contribution is 9.10. The minimum Gasteiger partial charge on any atom is -0.482 e. The number of carbonyl (C=O) groups is 2. The number of carbonyl (C=O) groups excluding carboxylic acids is 2. The van der Waals surface area contributed by atoms with E-state index in [9.17, 15) is 9.59 Å². The highest BCUT2D eigenvalue weighted by Crippen LogP contribution is 2.17. The molecule has 0 bridgehead atoms. The molecule has 5 nitrogen and oxygen atoms in total. The quantitative estimate of drug-likeness (QED) is 0.828. The number of benzene rings is 2. The molecule has 6 heteroatoms. The number of ether oxygens (including phenoxy) is 2. The van der Waals surface area contributed by atoms with Crippen LogP contribution < -0.4 is 10.1 Å². The van der Waals surface area contributed by atoms with E-state index in [1.165, 1.54) is 7.11 Å². The lowest BCUT2D eigenvalue weighted by molar-refractivity contribution is -0.142. The standard InChI is InChI=1S/C16H14BrNO4/c1-21-15(19)10-22-14-4-2-3-11(9-14)16(20)18-13-7-5-12(17)6-8-13/h2-9H,10H2,1H3,(H,18,20). The molecule has 1 amide bonds. The lowest BCUT2D eigenvalue weighted by Crippen LogP contribution is -2.14. The molecule has 0 aliphatic heterocycles. The molecule has 1 N–H and O–H groups in total. The largest absolute Gasteiger partial charge is 0.482 e. The van der Waals surface area contributed by atoms with Gasteiger partial charge in [0.25, 0.3) is 5.91 Å². The van der Waals surface area contributed by atoms with Crippen molar-refractivity contribution in [3.63, 3.8) is 0 Å². The average Bonchev–Trinajstić information content (AvgIpc) is 2.55. The van der Waals surface area contributed by atoms with Gasteiger partial charge in [-0.1, -0.05) is 22.0 Å². The Bertz CT molecular complexity index is 670. The van der Waals surface area contributed by atoms with Gasteiger partial charge in [0.1, 0.15) is 5.75 Å². The van der Waals surface area contributed by atoms with Gasteiger partial charge in [0.2, 0.25) is 0 Å². The van der Waals surface area contributed by atoms with Crippen LogP contribution in [-0.2, 0) is 9.53 Å². The summed E-state index contributed by atoms with van der Waals surface area (Å²) in [6, 6.07) is 13.8. The van der Waals surface area contributed by atoms with Crippen molar-refractivity contribution in [3.8, 4) is 5.75 Å². The van der Waals surface area contributed by atoms with Crippen LogP contribution in [0.25, 0.3) is 0 Å². The van der Waals surface area contributed by atoms with Crippen molar-refractivity contribution in [3.05, 3.63) is 58.6 Å². The van der Waals surface area contributed by atoms with Gasteiger partial charge in [-0.3, -0.25) is 4.79 Å². The van der Waals surface area contributed by atoms with Crippen LogP contribution in [-0.4, -0.2) is 25.6 Å². The number of anilines is 1. The Morgan fingerprint density at radius 2 is 1.86 bits per heavy atom.